The van der Waals surface area contributed by atoms with Gasteiger partial charge in [-0.3, -0.25) is 0 Å². The summed E-state index contributed by atoms with van der Waals surface area (Å²) in [6.45, 7) is 2.00. The predicted molar refractivity (Wildman–Crippen MR) is 30.4 cm³/mol. The first kappa shape index (κ1) is 7.49. The van der Waals surface area contributed by atoms with E-state index in [4.69, 9.17) is 4.74 Å². The van der Waals surface area contributed by atoms with Crippen molar-refractivity contribution in [3.05, 3.63) is 0 Å². The van der Waals surface area contributed by atoms with E-state index in [1.54, 1.807) is 0 Å². The first-order valence-electron chi connectivity index (χ1n) is 2.58. The van der Waals surface area contributed by atoms with E-state index >= 15 is 0 Å². The third-order valence-corrected chi connectivity index (χ3v) is 1.08. The molecule has 1 heterocycles. The van der Waals surface area contributed by atoms with Gasteiger partial charge in [-0.05, 0) is 19.3 Å². The monoisotopic (exact) mass is 113 g/mol. The number of hydrogen-bond donors (Lipinski definition) is 0. The van der Waals surface area contributed by atoms with Crippen LogP contribution >= 0.6 is 0 Å². The molecule has 0 amide bonds. The van der Waals surface area contributed by atoms with Crippen molar-refractivity contribution >= 4 is 17.4 Å². The molecule has 1 rings (SSSR count). The van der Waals surface area contributed by atoms with Gasteiger partial charge in [-0.25, -0.2) is 0 Å². The van der Waals surface area contributed by atoms with Gasteiger partial charge in [0.2, 0.25) is 0 Å². The highest BCUT2D eigenvalue weighted by Gasteiger charge is 1.94. The zero-order chi connectivity index (χ0) is 4.24. The topological polar surface area (TPSA) is 9.23 Å². The Bertz CT molecular complexity index is 23.6. The van der Waals surface area contributed by atoms with Crippen LogP contribution in [0, 0.1) is 0 Å². The van der Waals surface area contributed by atoms with Crippen LogP contribution < -0.4 is 0 Å². The molecular formula is C5H10AlO. The maximum absolute atomic E-state index is 5.07. The molecule has 1 aliphatic rings. The van der Waals surface area contributed by atoms with Crippen LogP contribution in [-0.2, 0) is 4.74 Å². The van der Waals surface area contributed by atoms with Crippen molar-refractivity contribution in [3.8, 4) is 0 Å². The Labute approximate surface area is 55.2 Å². The highest BCUT2D eigenvalue weighted by atomic mass is 27.0. The molecule has 3 radical (unpaired) electrons. The van der Waals surface area contributed by atoms with Crippen LogP contribution in [0.2, 0.25) is 0 Å². The van der Waals surface area contributed by atoms with E-state index in [0.717, 1.165) is 13.2 Å². The van der Waals surface area contributed by atoms with Gasteiger partial charge >= 0.3 is 0 Å². The van der Waals surface area contributed by atoms with E-state index in [0.29, 0.717) is 0 Å². The lowest BCUT2D eigenvalue weighted by Crippen LogP contribution is -2.03. The van der Waals surface area contributed by atoms with E-state index in [1.807, 2.05) is 0 Å². The van der Waals surface area contributed by atoms with Crippen LogP contribution in [0.25, 0.3) is 0 Å². The Morgan fingerprint density at radius 3 is 1.57 bits per heavy atom. The fourth-order valence-electron chi connectivity index (χ4n) is 0.687. The summed E-state index contributed by atoms with van der Waals surface area (Å²) in [5, 5.41) is 0. The molecule has 0 aromatic carbocycles. The SMILES string of the molecule is C1CCOCC1.[Al]. The standard InChI is InChI=1S/C5H10O.Al/c1-2-4-6-5-3-1;/h1-5H2;. The molecule has 0 aromatic heterocycles. The van der Waals surface area contributed by atoms with E-state index < -0.39 is 0 Å². The summed E-state index contributed by atoms with van der Waals surface area (Å²) >= 11 is 0. The number of hydrogen-bond acceptors (Lipinski definition) is 1. The van der Waals surface area contributed by atoms with E-state index in [1.165, 1.54) is 19.3 Å². The molecule has 0 bridgehead atoms. The molecule has 1 aliphatic heterocycles. The van der Waals surface area contributed by atoms with Gasteiger partial charge in [0.15, 0.2) is 0 Å². The van der Waals surface area contributed by atoms with Crippen molar-refractivity contribution in [3.63, 3.8) is 0 Å². The third kappa shape index (κ3) is 3.11. The van der Waals surface area contributed by atoms with Crippen molar-refractivity contribution in [2.24, 2.45) is 0 Å². The molecule has 0 saturated carbocycles. The minimum Gasteiger partial charge on any atom is -0.381 e. The first-order valence-corrected chi connectivity index (χ1v) is 2.58. The molecule has 7 heavy (non-hydrogen) atoms. The average Bonchev–Trinajstić information content (AvgIpc) is 1.72. The summed E-state index contributed by atoms with van der Waals surface area (Å²) in [6, 6.07) is 0. The van der Waals surface area contributed by atoms with Gasteiger partial charge in [-0.15, -0.1) is 0 Å². The van der Waals surface area contributed by atoms with Gasteiger partial charge in [-0.2, -0.15) is 0 Å². The molecule has 1 fully saturated rings. The van der Waals surface area contributed by atoms with Crippen molar-refractivity contribution in [1.82, 2.24) is 0 Å². The Balaban J connectivity index is 0.000000360. The van der Waals surface area contributed by atoms with Gasteiger partial charge < -0.3 is 4.74 Å². The zero-order valence-electron chi connectivity index (χ0n) is 4.52. The Kier molecular flexibility index (Phi) is 4.97. The second-order valence-corrected chi connectivity index (χ2v) is 1.67. The normalized spacial score (nSPS) is 20.6. The Hall–Kier alpha value is 0.492. The van der Waals surface area contributed by atoms with Crippen molar-refractivity contribution in [2.75, 3.05) is 13.2 Å². The van der Waals surface area contributed by atoms with Crippen molar-refractivity contribution in [2.45, 2.75) is 19.3 Å². The van der Waals surface area contributed by atoms with Gasteiger partial charge in [-0.1, -0.05) is 0 Å². The molecule has 39 valence electrons. The molecule has 0 aromatic rings. The molecule has 2 heteroatoms. The maximum atomic E-state index is 5.07. The lowest BCUT2D eigenvalue weighted by atomic mass is 10.2. The van der Waals surface area contributed by atoms with E-state index in [2.05, 4.69) is 0 Å². The average molecular weight is 113 g/mol. The molecule has 0 N–H and O–H groups in total. The zero-order valence-corrected chi connectivity index (χ0v) is 5.68. The van der Waals surface area contributed by atoms with Crippen LogP contribution in [-0.4, -0.2) is 30.6 Å². The molecule has 1 nitrogen and oxygen atoms in total. The second kappa shape index (κ2) is 4.65. The van der Waals surface area contributed by atoms with Gasteiger partial charge in [0.25, 0.3) is 0 Å². The van der Waals surface area contributed by atoms with Crippen LogP contribution in [0.4, 0.5) is 0 Å². The molecule has 0 atom stereocenters. The predicted octanol–water partition coefficient (Wildman–Crippen LogP) is 0.806. The fourth-order valence-corrected chi connectivity index (χ4v) is 0.687. The van der Waals surface area contributed by atoms with Gasteiger partial charge in [0, 0.05) is 30.6 Å². The second-order valence-electron chi connectivity index (χ2n) is 1.67. The third-order valence-electron chi connectivity index (χ3n) is 1.08. The van der Waals surface area contributed by atoms with Crippen LogP contribution in [0.3, 0.4) is 0 Å². The van der Waals surface area contributed by atoms with E-state index in [9.17, 15) is 0 Å². The molecule has 0 aliphatic carbocycles. The minimum absolute atomic E-state index is 0. The summed E-state index contributed by atoms with van der Waals surface area (Å²) in [7, 11) is 0. The lowest BCUT2D eigenvalue weighted by Gasteiger charge is -2.08. The summed E-state index contributed by atoms with van der Waals surface area (Å²) in [6.07, 6.45) is 3.93. The number of ether oxygens (including phenoxy) is 1. The molecule has 0 unspecified atom stereocenters. The first-order chi connectivity index (χ1) is 3.00. The van der Waals surface area contributed by atoms with Crippen molar-refractivity contribution < 1.29 is 4.74 Å². The summed E-state index contributed by atoms with van der Waals surface area (Å²) < 4.78 is 5.07. The molecule has 0 spiro atoms. The fraction of sp³-hybridized carbons (Fsp3) is 1.00. The van der Waals surface area contributed by atoms with Gasteiger partial charge in [0.05, 0.1) is 0 Å². The summed E-state index contributed by atoms with van der Waals surface area (Å²) in [4.78, 5) is 0. The molecular weight excluding hydrogens is 103 g/mol. The van der Waals surface area contributed by atoms with Gasteiger partial charge in [0.1, 0.15) is 0 Å². The van der Waals surface area contributed by atoms with E-state index in [-0.39, 0.29) is 17.4 Å². The summed E-state index contributed by atoms with van der Waals surface area (Å²) in [5.41, 5.74) is 0. The highest BCUT2D eigenvalue weighted by Crippen LogP contribution is 2.01. The largest absolute Gasteiger partial charge is 0.381 e. The smallest absolute Gasteiger partial charge is 0.0466 e. The minimum atomic E-state index is 0. The molecule has 1 saturated heterocycles. The van der Waals surface area contributed by atoms with Crippen LogP contribution in [0.1, 0.15) is 19.3 Å². The van der Waals surface area contributed by atoms with Crippen LogP contribution in [0.15, 0.2) is 0 Å². The maximum Gasteiger partial charge on any atom is 0.0466 e. The van der Waals surface area contributed by atoms with Crippen LogP contribution in [0.5, 0.6) is 0 Å². The van der Waals surface area contributed by atoms with Crippen molar-refractivity contribution in [1.29, 1.82) is 0 Å². The lowest BCUT2D eigenvalue weighted by molar-refractivity contribution is 0.0968. The summed E-state index contributed by atoms with van der Waals surface area (Å²) in [5.74, 6) is 0. The quantitative estimate of drug-likeness (QED) is 0.422. The Morgan fingerprint density at radius 1 is 0.857 bits per heavy atom. The Morgan fingerprint density at radius 2 is 1.43 bits per heavy atom. The number of rotatable bonds is 0. The highest BCUT2D eigenvalue weighted by molar-refractivity contribution is 5.75.